The average Bonchev–Trinajstić information content (AvgIpc) is 3.20. The number of allylic oxidation sites excluding steroid dienone is 1. The molecule has 0 aromatic heterocycles. The fourth-order valence-electron chi connectivity index (χ4n) is 8.67. The highest BCUT2D eigenvalue weighted by molar-refractivity contribution is 5.91. The molecule has 0 radical (unpaired) electrons. The Morgan fingerprint density at radius 1 is 1.16 bits per heavy atom. The van der Waals surface area contributed by atoms with E-state index in [1.165, 1.54) is 44.1 Å². The van der Waals surface area contributed by atoms with Crippen LogP contribution in [0.3, 0.4) is 0 Å². The van der Waals surface area contributed by atoms with E-state index in [1.807, 2.05) is 6.08 Å². The summed E-state index contributed by atoms with van der Waals surface area (Å²) < 4.78 is 6.55. The lowest BCUT2D eigenvalue weighted by Crippen LogP contribution is -2.56. The van der Waals surface area contributed by atoms with Crippen LogP contribution in [-0.4, -0.2) is 18.0 Å². The minimum Gasteiger partial charge on any atom is -0.366 e. The van der Waals surface area contributed by atoms with Crippen molar-refractivity contribution in [3.8, 4) is 0 Å². The van der Waals surface area contributed by atoms with Crippen molar-refractivity contribution in [1.29, 1.82) is 0 Å². The lowest BCUT2D eigenvalue weighted by Gasteiger charge is -2.58. The van der Waals surface area contributed by atoms with E-state index in [2.05, 4.69) is 19.1 Å². The Balaban J connectivity index is 1.40. The summed E-state index contributed by atoms with van der Waals surface area (Å²) in [4.78, 5) is 11.9. The number of fused-ring (bicyclic) bond motifs is 9. The highest BCUT2D eigenvalue weighted by Crippen LogP contribution is 2.78. The molecule has 0 saturated heterocycles. The summed E-state index contributed by atoms with van der Waals surface area (Å²) in [5.74, 6) is 5.44. The van der Waals surface area contributed by atoms with Gasteiger partial charge in [-0.1, -0.05) is 24.6 Å². The van der Waals surface area contributed by atoms with Gasteiger partial charge in [-0.15, -0.1) is 0 Å². The van der Waals surface area contributed by atoms with E-state index in [0.717, 1.165) is 55.0 Å². The third-order valence-corrected chi connectivity index (χ3v) is 9.43. The van der Waals surface area contributed by atoms with E-state index >= 15 is 0 Å². The largest absolute Gasteiger partial charge is 0.366 e. The Morgan fingerprint density at radius 3 is 2.88 bits per heavy atom. The van der Waals surface area contributed by atoms with Crippen molar-refractivity contribution in [1.82, 2.24) is 0 Å². The Hall–Kier alpha value is -0.890. The molecule has 25 heavy (non-hydrogen) atoms. The van der Waals surface area contributed by atoms with Crippen LogP contribution in [0, 0.1) is 40.9 Å². The molecule has 5 unspecified atom stereocenters. The van der Waals surface area contributed by atoms with Crippen molar-refractivity contribution in [2.45, 2.75) is 63.9 Å². The van der Waals surface area contributed by atoms with Gasteiger partial charge in [-0.3, -0.25) is 4.79 Å². The van der Waals surface area contributed by atoms with Crippen LogP contribution in [0.4, 0.5) is 0 Å². The Labute approximate surface area is 151 Å². The number of carbonyl (C=O) groups excluding carboxylic acids is 1. The molecule has 8 atom stereocenters. The van der Waals surface area contributed by atoms with Gasteiger partial charge in [0.05, 0.1) is 12.2 Å². The molecule has 0 aromatic rings. The van der Waals surface area contributed by atoms with Gasteiger partial charge in [-0.05, 0) is 86.5 Å². The van der Waals surface area contributed by atoms with Crippen LogP contribution in [0.1, 0.15) is 58.3 Å². The lowest BCUT2D eigenvalue weighted by molar-refractivity contribution is -0.143. The van der Waals surface area contributed by atoms with E-state index in [0.29, 0.717) is 11.2 Å². The quantitative estimate of drug-likeness (QED) is 0.648. The minimum absolute atomic E-state index is 0.0840. The second-order valence-corrected chi connectivity index (χ2v) is 9.78. The summed E-state index contributed by atoms with van der Waals surface area (Å²) in [5.41, 5.74) is 2.00. The van der Waals surface area contributed by atoms with Gasteiger partial charge in [0.2, 0.25) is 0 Å². The molecule has 2 nitrogen and oxygen atoms in total. The lowest BCUT2D eigenvalue weighted by atomic mass is 9.48. The SMILES string of the molecule is CC[C@]12CCC3C(CCC4=CC(=O)CC[C@@H]43)C1C1CC1[C@@]21C=CCO1. The van der Waals surface area contributed by atoms with Crippen LogP contribution in [-0.2, 0) is 9.53 Å². The molecule has 5 aliphatic carbocycles. The molecule has 2 heteroatoms. The Kier molecular flexibility index (Phi) is 2.97. The molecule has 4 saturated carbocycles. The zero-order valence-corrected chi connectivity index (χ0v) is 15.4. The van der Waals surface area contributed by atoms with Crippen molar-refractivity contribution in [3.05, 3.63) is 23.8 Å². The van der Waals surface area contributed by atoms with E-state index < -0.39 is 0 Å². The van der Waals surface area contributed by atoms with E-state index in [1.54, 1.807) is 0 Å². The zero-order chi connectivity index (χ0) is 16.8. The fraction of sp³-hybridized carbons (Fsp3) is 0.783. The van der Waals surface area contributed by atoms with Gasteiger partial charge in [0.25, 0.3) is 0 Å². The number of ketones is 1. The number of ether oxygens (including phenoxy) is 1. The first-order valence-corrected chi connectivity index (χ1v) is 10.7. The van der Waals surface area contributed by atoms with Crippen LogP contribution in [0.2, 0.25) is 0 Å². The van der Waals surface area contributed by atoms with Gasteiger partial charge in [-0.2, -0.15) is 0 Å². The monoisotopic (exact) mass is 338 g/mol. The topological polar surface area (TPSA) is 26.3 Å². The molecule has 0 N–H and O–H groups in total. The molecule has 4 fully saturated rings. The number of carbonyl (C=O) groups is 1. The summed E-state index contributed by atoms with van der Waals surface area (Å²) >= 11 is 0. The molecule has 0 amide bonds. The molecule has 1 heterocycles. The molecule has 6 rings (SSSR count). The number of hydrogen-bond donors (Lipinski definition) is 0. The van der Waals surface area contributed by atoms with Gasteiger partial charge >= 0.3 is 0 Å². The highest BCUT2D eigenvalue weighted by atomic mass is 16.5. The molecule has 6 aliphatic rings. The van der Waals surface area contributed by atoms with Crippen LogP contribution < -0.4 is 0 Å². The van der Waals surface area contributed by atoms with E-state index in [4.69, 9.17) is 4.74 Å². The van der Waals surface area contributed by atoms with Crippen molar-refractivity contribution in [2.24, 2.45) is 40.9 Å². The fourth-order valence-corrected chi connectivity index (χ4v) is 8.67. The predicted octanol–water partition coefficient (Wildman–Crippen LogP) is 4.70. The first-order valence-electron chi connectivity index (χ1n) is 10.7. The molecular weight excluding hydrogens is 308 g/mol. The first-order chi connectivity index (χ1) is 12.2. The molecule has 134 valence electrons. The van der Waals surface area contributed by atoms with E-state index in [9.17, 15) is 4.79 Å². The third-order valence-electron chi connectivity index (χ3n) is 9.43. The number of hydrogen-bond acceptors (Lipinski definition) is 2. The number of rotatable bonds is 1. The summed E-state index contributed by atoms with van der Waals surface area (Å²) in [7, 11) is 0. The standard InChI is InChI=1S/C23H30O2/c1-2-22-10-8-17-16-7-5-15(24)12-14(16)4-6-18(17)21(22)19-13-20(19)23(22)9-3-11-25-23/h3,9,12,16-21H,2,4-8,10-11,13H2,1H3/t16-,17?,18?,19?,20?,21?,22-,23-/m0/s1. The molecule has 1 aliphatic heterocycles. The predicted molar refractivity (Wildman–Crippen MR) is 96.9 cm³/mol. The summed E-state index contributed by atoms with van der Waals surface area (Å²) in [6.07, 6.45) is 16.7. The molecular formula is C23H30O2. The van der Waals surface area contributed by atoms with Crippen LogP contribution in [0.5, 0.6) is 0 Å². The Morgan fingerprint density at radius 2 is 2.08 bits per heavy atom. The van der Waals surface area contributed by atoms with Gasteiger partial charge in [-0.25, -0.2) is 0 Å². The Bertz CT molecular complexity index is 690. The third kappa shape index (κ3) is 1.69. The van der Waals surface area contributed by atoms with Gasteiger partial charge in [0.1, 0.15) is 0 Å². The van der Waals surface area contributed by atoms with Crippen molar-refractivity contribution in [3.63, 3.8) is 0 Å². The average molecular weight is 338 g/mol. The second kappa shape index (κ2) is 4.88. The highest BCUT2D eigenvalue weighted by Gasteiger charge is 2.77. The molecule has 1 spiro atoms. The zero-order valence-electron chi connectivity index (χ0n) is 15.4. The smallest absolute Gasteiger partial charge is 0.155 e. The maximum atomic E-state index is 11.9. The minimum atomic E-state index is 0.0840. The van der Waals surface area contributed by atoms with Gasteiger partial charge in [0, 0.05) is 11.8 Å². The summed E-state index contributed by atoms with van der Waals surface area (Å²) in [5, 5.41) is 0. The van der Waals surface area contributed by atoms with Crippen LogP contribution >= 0.6 is 0 Å². The summed E-state index contributed by atoms with van der Waals surface area (Å²) in [6.45, 7) is 3.27. The molecule has 0 aromatic carbocycles. The normalized spacial score (nSPS) is 55.4. The van der Waals surface area contributed by atoms with E-state index in [-0.39, 0.29) is 5.60 Å². The second-order valence-electron chi connectivity index (χ2n) is 9.78. The van der Waals surface area contributed by atoms with Crippen molar-refractivity contribution < 1.29 is 9.53 Å². The first kappa shape index (κ1) is 15.2. The molecule has 0 bridgehead atoms. The summed E-state index contributed by atoms with van der Waals surface area (Å²) in [6, 6.07) is 0. The van der Waals surface area contributed by atoms with Crippen LogP contribution in [0.15, 0.2) is 23.8 Å². The van der Waals surface area contributed by atoms with Crippen molar-refractivity contribution in [2.75, 3.05) is 6.61 Å². The van der Waals surface area contributed by atoms with Crippen molar-refractivity contribution >= 4 is 5.78 Å². The van der Waals surface area contributed by atoms with Gasteiger partial charge in [0.15, 0.2) is 5.78 Å². The van der Waals surface area contributed by atoms with Gasteiger partial charge < -0.3 is 4.74 Å². The maximum absolute atomic E-state index is 11.9. The van der Waals surface area contributed by atoms with Crippen LogP contribution in [0.25, 0.3) is 0 Å². The maximum Gasteiger partial charge on any atom is 0.155 e.